The zero-order valence-corrected chi connectivity index (χ0v) is 18.4. The van der Waals surface area contributed by atoms with Gasteiger partial charge in [-0.15, -0.1) is 0 Å². The molecule has 0 bridgehead atoms. The number of hydrogen-bond donors (Lipinski definition) is 1. The molecular formula is C22H30N2O4S. The molecule has 6 nitrogen and oxygen atoms in total. The predicted octanol–water partition coefficient (Wildman–Crippen LogP) is 3.35. The van der Waals surface area contributed by atoms with Gasteiger partial charge >= 0.3 is 0 Å². The van der Waals surface area contributed by atoms with Gasteiger partial charge in [0.15, 0.2) is 0 Å². The Labute approximate surface area is 173 Å². The van der Waals surface area contributed by atoms with Gasteiger partial charge in [-0.05, 0) is 56.0 Å². The van der Waals surface area contributed by atoms with E-state index in [1.165, 1.54) is 10.6 Å². The Morgan fingerprint density at radius 1 is 1.07 bits per heavy atom. The van der Waals surface area contributed by atoms with Crippen LogP contribution in [0.1, 0.15) is 29.5 Å². The van der Waals surface area contributed by atoms with Gasteiger partial charge in [0.2, 0.25) is 15.9 Å². The van der Waals surface area contributed by atoms with Crippen LogP contribution in [0.25, 0.3) is 0 Å². The molecular weight excluding hydrogens is 388 g/mol. The highest BCUT2D eigenvalue weighted by molar-refractivity contribution is 7.92. The number of aryl methyl sites for hydroxylation is 3. The molecule has 7 heteroatoms. The molecule has 0 heterocycles. The fourth-order valence-corrected chi connectivity index (χ4v) is 4.26. The summed E-state index contributed by atoms with van der Waals surface area (Å²) in [6, 6.07) is 13.4. The Balaban J connectivity index is 1.81. The summed E-state index contributed by atoms with van der Waals surface area (Å²) < 4.78 is 31.6. The van der Waals surface area contributed by atoms with Crippen molar-refractivity contribution in [3.05, 3.63) is 59.2 Å². The minimum atomic E-state index is -3.43. The van der Waals surface area contributed by atoms with Crippen LogP contribution in [0.4, 0.5) is 5.69 Å². The first-order chi connectivity index (χ1) is 13.7. The lowest BCUT2D eigenvalue weighted by Crippen LogP contribution is -2.33. The lowest BCUT2D eigenvalue weighted by atomic mass is 10.1. The topological polar surface area (TPSA) is 75.7 Å². The van der Waals surface area contributed by atoms with Crippen molar-refractivity contribution < 1.29 is 17.9 Å². The highest BCUT2D eigenvalue weighted by Gasteiger charge is 2.20. The molecule has 0 fully saturated rings. The summed E-state index contributed by atoms with van der Waals surface area (Å²) in [5.74, 6) is 0.657. The van der Waals surface area contributed by atoms with E-state index in [1.54, 1.807) is 0 Å². The molecule has 2 aromatic carbocycles. The molecule has 0 saturated carbocycles. The monoisotopic (exact) mass is 418 g/mol. The molecule has 158 valence electrons. The number of amides is 1. The van der Waals surface area contributed by atoms with Crippen molar-refractivity contribution in [2.24, 2.45) is 0 Å². The molecule has 0 aliphatic rings. The summed E-state index contributed by atoms with van der Waals surface area (Å²) in [6.07, 6.45) is 1.88. The van der Waals surface area contributed by atoms with Gasteiger partial charge in [-0.3, -0.25) is 9.10 Å². The second-order valence-corrected chi connectivity index (χ2v) is 9.10. The minimum absolute atomic E-state index is 0.118. The maximum atomic E-state index is 12.3. The summed E-state index contributed by atoms with van der Waals surface area (Å²) in [5.41, 5.74) is 3.61. The van der Waals surface area contributed by atoms with Crippen molar-refractivity contribution in [1.29, 1.82) is 0 Å². The normalized spacial score (nSPS) is 11.2. The number of benzene rings is 2. The van der Waals surface area contributed by atoms with Crippen LogP contribution in [0.3, 0.4) is 0 Å². The molecule has 0 radical (unpaired) electrons. The Kier molecular flexibility index (Phi) is 8.08. The molecule has 0 aliphatic heterocycles. The number of rotatable bonds is 10. The summed E-state index contributed by atoms with van der Waals surface area (Å²) in [4.78, 5) is 12.1. The van der Waals surface area contributed by atoms with Crippen LogP contribution in [0.15, 0.2) is 42.5 Å². The third kappa shape index (κ3) is 7.09. The van der Waals surface area contributed by atoms with E-state index in [9.17, 15) is 13.2 Å². The second-order valence-electron chi connectivity index (χ2n) is 7.19. The van der Waals surface area contributed by atoms with Crippen molar-refractivity contribution >= 4 is 21.6 Å². The molecule has 0 spiro atoms. The lowest BCUT2D eigenvalue weighted by molar-refractivity contribution is -0.121. The van der Waals surface area contributed by atoms with Crippen molar-refractivity contribution in [2.45, 2.75) is 33.6 Å². The number of sulfonamides is 1. The smallest absolute Gasteiger partial charge is 0.232 e. The van der Waals surface area contributed by atoms with E-state index in [-0.39, 0.29) is 18.9 Å². The number of carbonyl (C=O) groups is 1. The Morgan fingerprint density at radius 2 is 1.72 bits per heavy atom. The third-order valence-corrected chi connectivity index (χ3v) is 5.70. The van der Waals surface area contributed by atoms with Gasteiger partial charge in [0.1, 0.15) is 12.4 Å². The minimum Gasteiger partial charge on any atom is -0.492 e. The van der Waals surface area contributed by atoms with Gasteiger partial charge in [0.05, 0.1) is 18.5 Å². The molecule has 0 aromatic heterocycles. The van der Waals surface area contributed by atoms with Crippen LogP contribution in [0.2, 0.25) is 0 Å². The van der Waals surface area contributed by atoms with Gasteiger partial charge < -0.3 is 10.1 Å². The highest BCUT2D eigenvalue weighted by Crippen LogP contribution is 2.27. The lowest BCUT2D eigenvalue weighted by Gasteiger charge is -2.26. The van der Waals surface area contributed by atoms with Crippen molar-refractivity contribution in [1.82, 2.24) is 5.32 Å². The van der Waals surface area contributed by atoms with Gasteiger partial charge in [-0.2, -0.15) is 0 Å². The molecule has 0 saturated heterocycles. The summed E-state index contributed by atoms with van der Waals surface area (Å²) >= 11 is 0. The molecule has 29 heavy (non-hydrogen) atoms. The van der Waals surface area contributed by atoms with Crippen LogP contribution in [-0.2, 0) is 14.8 Å². The number of ether oxygens (including phenoxy) is 1. The number of carbonyl (C=O) groups excluding carboxylic acids is 1. The molecule has 0 unspecified atom stereocenters. The molecule has 1 amide bonds. The highest BCUT2D eigenvalue weighted by atomic mass is 32.2. The number of nitrogens with one attached hydrogen (secondary N) is 1. The van der Waals surface area contributed by atoms with Crippen LogP contribution < -0.4 is 14.4 Å². The predicted molar refractivity (Wildman–Crippen MR) is 117 cm³/mol. The van der Waals surface area contributed by atoms with Crippen LogP contribution >= 0.6 is 0 Å². The molecule has 0 aliphatic carbocycles. The van der Waals surface area contributed by atoms with E-state index >= 15 is 0 Å². The maximum absolute atomic E-state index is 12.3. The first kappa shape index (κ1) is 22.7. The zero-order valence-electron chi connectivity index (χ0n) is 17.6. The molecule has 1 N–H and O–H groups in total. The van der Waals surface area contributed by atoms with E-state index in [0.29, 0.717) is 25.3 Å². The Bertz CT molecular complexity index is 921. The fourth-order valence-electron chi connectivity index (χ4n) is 3.18. The number of anilines is 1. The average molecular weight is 419 g/mol. The van der Waals surface area contributed by atoms with E-state index in [4.69, 9.17) is 4.74 Å². The number of hydrogen-bond acceptors (Lipinski definition) is 4. The average Bonchev–Trinajstić information content (AvgIpc) is 2.63. The van der Waals surface area contributed by atoms with Crippen LogP contribution in [0.5, 0.6) is 5.75 Å². The number of para-hydroxylation sites is 1. The van der Waals surface area contributed by atoms with Gasteiger partial charge in [0, 0.05) is 13.0 Å². The molecule has 0 atom stereocenters. The standard InChI is InChI=1S/C22H30N2O4S/c1-17-8-5-11-20(16-17)28-15-13-23-21(25)12-7-14-24(29(4,26)27)22-18(2)9-6-10-19(22)3/h5-6,8-11,16H,7,12-15H2,1-4H3,(H,23,25). The quantitative estimate of drug-likeness (QED) is 0.601. The molecule has 2 rings (SSSR count). The maximum Gasteiger partial charge on any atom is 0.232 e. The van der Waals surface area contributed by atoms with Gasteiger partial charge in [-0.1, -0.05) is 30.3 Å². The van der Waals surface area contributed by atoms with Gasteiger partial charge in [0.25, 0.3) is 0 Å². The fraction of sp³-hybridized carbons (Fsp3) is 0.409. The van der Waals surface area contributed by atoms with Gasteiger partial charge in [-0.25, -0.2) is 8.42 Å². The summed E-state index contributed by atoms with van der Waals surface area (Å²) in [6.45, 7) is 6.82. The van der Waals surface area contributed by atoms with Crippen molar-refractivity contribution in [3.8, 4) is 5.75 Å². The zero-order chi connectivity index (χ0) is 21.4. The molecule has 2 aromatic rings. The second kappa shape index (κ2) is 10.3. The summed E-state index contributed by atoms with van der Waals surface area (Å²) in [7, 11) is -3.43. The Hall–Kier alpha value is -2.54. The van der Waals surface area contributed by atoms with E-state index in [0.717, 1.165) is 22.4 Å². The van der Waals surface area contributed by atoms with E-state index in [2.05, 4.69) is 5.32 Å². The third-order valence-electron chi connectivity index (χ3n) is 4.54. The summed E-state index contributed by atoms with van der Waals surface area (Å²) in [5, 5.41) is 2.81. The van der Waals surface area contributed by atoms with Crippen LogP contribution in [0, 0.1) is 20.8 Å². The first-order valence-electron chi connectivity index (χ1n) is 9.68. The first-order valence-corrected chi connectivity index (χ1v) is 11.5. The van der Waals surface area contributed by atoms with E-state index in [1.807, 2.05) is 63.2 Å². The van der Waals surface area contributed by atoms with E-state index < -0.39 is 10.0 Å². The van der Waals surface area contributed by atoms with Crippen molar-refractivity contribution in [2.75, 3.05) is 30.3 Å². The number of nitrogens with zero attached hydrogens (tertiary/aromatic N) is 1. The van der Waals surface area contributed by atoms with Crippen LogP contribution in [-0.4, -0.2) is 40.3 Å². The largest absolute Gasteiger partial charge is 0.492 e. The SMILES string of the molecule is Cc1cccc(OCCNC(=O)CCCN(c2c(C)cccc2C)S(C)(=O)=O)c1. The van der Waals surface area contributed by atoms with Crippen molar-refractivity contribution in [3.63, 3.8) is 0 Å². The Morgan fingerprint density at radius 3 is 2.34 bits per heavy atom.